The van der Waals surface area contributed by atoms with Crippen molar-refractivity contribution >= 4 is 17.3 Å². The number of rotatable bonds is 2. The van der Waals surface area contributed by atoms with Crippen LogP contribution in [0.15, 0.2) is 24.3 Å². The second-order valence-corrected chi connectivity index (χ2v) is 5.13. The first-order valence-electron chi connectivity index (χ1n) is 7.93. The molecule has 0 aliphatic carbocycles. The van der Waals surface area contributed by atoms with Crippen molar-refractivity contribution in [1.82, 2.24) is 5.32 Å². The van der Waals surface area contributed by atoms with Crippen molar-refractivity contribution in [3.8, 4) is 5.75 Å². The Morgan fingerprint density at radius 3 is 2.52 bits per heavy atom. The van der Waals surface area contributed by atoms with Crippen LogP contribution in [-0.2, 0) is 0 Å². The van der Waals surface area contributed by atoms with E-state index in [1.165, 1.54) is 12.1 Å². The van der Waals surface area contributed by atoms with Gasteiger partial charge in [0.25, 0.3) is 5.91 Å². The third-order valence-electron chi connectivity index (χ3n) is 3.44. The minimum atomic E-state index is -1.27. The molecule has 134 valence electrons. The zero-order valence-electron chi connectivity index (χ0n) is 14.2. The maximum atomic E-state index is 14.2. The lowest BCUT2D eigenvalue weighted by atomic mass is 10.1. The number of nitrogens with one attached hydrogen (secondary N) is 2. The summed E-state index contributed by atoms with van der Waals surface area (Å²) in [6.07, 6.45) is 0. The molecule has 2 aromatic carbocycles. The number of halogens is 3. The summed E-state index contributed by atoms with van der Waals surface area (Å²) >= 11 is 0. The maximum absolute atomic E-state index is 14.2. The van der Waals surface area contributed by atoms with Gasteiger partial charge in [0.05, 0.1) is 17.9 Å². The predicted molar refractivity (Wildman–Crippen MR) is 90.0 cm³/mol. The lowest BCUT2D eigenvalue weighted by Crippen LogP contribution is -2.25. The zero-order valence-corrected chi connectivity index (χ0v) is 14.2. The largest absolute Gasteiger partial charge is 0.491 e. The molecule has 25 heavy (non-hydrogen) atoms. The van der Waals surface area contributed by atoms with Gasteiger partial charge in [-0.15, -0.1) is 0 Å². The van der Waals surface area contributed by atoms with Crippen molar-refractivity contribution in [1.29, 1.82) is 0 Å². The van der Waals surface area contributed by atoms with Crippen molar-refractivity contribution in [2.24, 2.45) is 0 Å². The van der Waals surface area contributed by atoms with Gasteiger partial charge in [0, 0.05) is 6.07 Å². The molecule has 0 aromatic heterocycles. The summed E-state index contributed by atoms with van der Waals surface area (Å²) in [6.45, 7) is 6.03. The van der Waals surface area contributed by atoms with Crippen LogP contribution in [0.2, 0.25) is 0 Å². The van der Waals surface area contributed by atoms with Crippen LogP contribution in [0.3, 0.4) is 0 Å². The van der Waals surface area contributed by atoms with Crippen molar-refractivity contribution < 1.29 is 22.7 Å². The van der Waals surface area contributed by atoms with Gasteiger partial charge in [-0.2, -0.15) is 0 Å². The highest BCUT2D eigenvalue weighted by Crippen LogP contribution is 2.35. The van der Waals surface area contributed by atoms with Gasteiger partial charge < -0.3 is 15.4 Å². The van der Waals surface area contributed by atoms with E-state index in [0.717, 1.165) is 6.07 Å². The van der Waals surface area contributed by atoms with Crippen LogP contribution in [0.1, 0.15) is 29.8 Å². The second kappa shape index (κ2) is 7.92. The summed E-state index contributed by atoms with van der Waals surface area (Å²) in [5, 5.41) is 4.97. The minimum Gasteiger partial charge on any atom is -0.491 e. The third-order valence-corrected chi connectivity index (χ3v) is 3.44. The number of aryl methyl sites for hydroxylation is 1. The number of anilines is 2. The number of carbonyl (C=O) groups is 1. The standard InChI is InChI=1S/C16H13F3N2O2.C2H6/c1-8-2-3-11(9(17)6-8)21-15-13-12(7-10(18)14(15)19)23-5-4-20-16(13)22;1-2/h2-3,6-7,21H,4-5H2,1H3,(H,20,22);1-2H3. The minimum absolute atomic E-state index is 0.0700. The lowest BCUT2D eigenvalue weighted by molar-refractivity contribution is 0.0957. The van der Waals surface area contributed by atoms with Crippen molar-refractivity contribution in [3.63, 3.8) is 0 Å². The average molecular weight is 352 g/mol. The molecule has 0 fully saturated rings. The monoisotopic (exact) mass is 352 g/mol. The van der Waals surface area contributed by atoms with E-state index in [-0.39, 0.29) is 30.2 Å². The second-order valence-electron chi connectivity index (χ2n) is 5.13. The Bertz CT molecular complexity index is 794. The molecule has 1 heterocycles. The predicted octanol–water partition coefficient (Wildman–Crippen LogP) is 4.30. The van der Waals surface area contributed by atoms with Crippen molar-refractivity contribution in [2.75, 3.05) is 18.5 Å². The normalized spacial score (nSPS) is 12.8. The molecule has 7 heteroatoms. The molecule has 1 aliphatic rings. The number of carbonyl (C=O) groups excluding carboxylic acids is 1. The van der Waals surface area contributed by atoms with Crippen LogP contribution in [0.4, 0.5) is 24.5 Å². The average Bonchev–Trinajstić information content (AvgIpc) is 2.77. The fourth-order valence-electron chi connectivity index (χ4n) is 2.33. The third kappa shape index (κ3) is 3.87. The molecule has 3 rings (SSSR count). The molecule has 0 spiro atoms. The Labute approximate surface area is 144 Å². The van der Waals surface area contributed by atoms with Gasteiger partial charge >= 0.3 is 0 Å². The Balaban J connectivity index is 0.00000109. The number of hydrogen-bond acceptors (Lipinski definition) is 3. The summed E-state index contributed by atoms with van der Waals surface area (Å²) < 4.78 is 47.2. The van der Waals surface area contributed by atoms with Crippen LogP contribution in [0.25, 0.3) is 0 Å². The molecule has 0 saturated heterocycles. The highest BCUT2D eigenvalue weighted by atomic mass is 19.2. The summed E-state index contributed by atoms with van der Waals surface area (Å²) in [4.78, 5) is 12.1. The van der Waals surface area contributed by atoms with Crippen molar-refractivity contribution in [2.45, 2.75) is 20.8 Å². The quantitative estimate of drug-likeness (QED) is 0.847. The van der Waals surface area contributed by atoms with Crippen LogP contribution in [-0.4, -0.2) is 19.1 Å². The van der Waals surface area contributed by atoms with Gasteiger partial charge in [-0.3, -0.25) is 4.79 Å². The molecule has 0 unspecified atom stereocenters. The van der Waals surface area contributed by atoms with Gasteiger partial charge in [0.2, 0.25) is 0 Å². The first-order chi connectivity index (χ1) is 12.0. The smallest absolute Gasteiger partial charge is 0.257 e. The van der Waals surface area contributed by atoms with E-state index >= 15 is 0 Å². The summed E-state index contributed by atoms with van der Waals surface area (Å²) in [5.41, 5.74) is -0.0458. The molecular formula is C18H19F3N2O2. The number of ether oxygens (including phenoxy) is 1. The SMILES string of the molecule is CC.Cc1ccc(Nc2c(F)c(F)cc3c2C(=O)NCCO3)c(F)c1. The van der Waals surface area contributed by atoms with E-state index in [9.17, 15) is 18.0 Å². The van der Waals surface area contributed by atoms with Crippen LogP contribution >= 0.6 is 0 Å². The first kappa shape index (κ1) is 18.6. The number of benzene rings is 2. The lowest BCUT2D eigenvalue weighted by Gasteiger charge is -2.15. The molecular weight excluding hydrogens is 333 g/mol. The highest BCUT2D eigenvalue weighted by molar-refractivity contribution is 6.03. The number of amides is 1. The van der Waals surface area contributed by atoms with E-state index < -0.39 is 29.0 Å². The molecule has 2 aromatic rings. The van der Waals surface area contributed by atoms with E-state index in [2.05, 4.69) is 10.6 Å². The molecule has 0 bridgehead atoms. The Hall–Kier alpha value is -2.70. The summed E-state index contributed by atoms with van der Waals surface area (Å²) in [5.74, 6) is -3.81. The maximum Gasteiger partial charge on any atom is 0.257 e. The van der Waals surface area contributed by atoms with Crippen molar-refractivity contribution in [3.05, 3.63) is 52.8 Å². The molecule has 1 amide bonds. The molecule has 4 nitrogen and oxygen atoms in total. The highest BCUT2D eigenvalue weighted by Gasteiger charge is 2.27. The topological polar surface area (TPSA) is 50.4 Å². The Morgan fingerprint density at radius 1 is 1.12 bits per heavy atom. The van der Waals surface area contributed by atoms with Crippen LogP contribution in [0.5, 0.6) is 5.75 Å². The number of fused-ring (bicyclic) bond motifs is 1. The van der Waals surface area contributed by atoms with Gasteiger partial charge in [0.15, 0.2) is 11.6 Å². The van der Waals surface area contributed by atoms with Gasteiger partial charge in [-0.1, -0.05) is 19.9 Å². The fourth-order valence-corrected chi connectivity index (χ4v) is 2.33. The summed E-state index contributed by atoms with van der Waals surface area (Å²) in [6, 6.07) is 5.05. The molecule has 0 saturated carbocycles. The Morgan fingerprint density at radius 2 is 1.84 bits per heavy atom. The summed E-state index contributed by atoms with van der Waals surface area (Å²) in [7, 11) is 0. The molecule has 0 atom stereocenters. The van der Waals surface area contributed by atoms with E-state index in [0.29, 0.717) is 5.56 Å². The van der Waals surface area contributed by atoms with E-state index in [4.69, 9.17) is 4.74 Å². The van der Waals surface area contributed by atoms with Gasteiger partial charge in [0.1, 0.15) is 23.7 Å². The Kier molecular flexibility index (Phi) is 5.90. The number of hydrogen-bond donors (Lipinski definition) is 2. The van der Waals surface area contributed by atoms with E-state index in [1.54, 1.807) is 13.0 Å². The fraction of sp³-hybridized carbons (Fsp3) is 0.278. The van der Waals surface area contributed by atoms with Crippen LogP contribution < -0.4 is 15.4 Å². The van der Waals surface area contributed by atoms with Gasteiger partial charge in [-0.05, 0) is 24.6 Å². The van der Waals surface area contributed by atoms with Gasteiger partial charge in [-0.25, -0.2) is 13.2 Å². The zero-order chi connectivity index (χ0) is 18.6. The molecule has 0 radical (unpaired) electrons. The van der Waals surface area contributed by atoms with E-state index in [1.807, 2.05) is 13.8 Å². The molecule has 2 N–H and O–H groups in total. The molecule has 1 aliphatic heterocycles. The van der Waals surface area contributed by atoms with Crippen LogP contribution in [0, 0.1) is 24.4 Å². The first-order valence-corrected chi connectivity index (χ1v) is 7.93.